The van der Waals surface area contributed by atoms with E-state index in [1.807, 2.05) is 11.8 Å². The zero-order valence-electron chi connectivity index (χ0n) is 9.71. The Bertz CT molecular complexity index is 448. The molecule has 0 saturated carbocycles. The molecule has 0 spiro atoms. The van der Waals surface area contributed by atoms with Crippen molar-refractivity contribution in [2.24, 2.45) is 10.9 Å². The van der Waals surface area contributed by atoms with Crippen LogP contribution >= 0.6 is 50.3 Å². The standard InChI is InChI=1S/C12H14BrIN2S/c1-7(2)11-6-15-12(17-11)16-8-3-4-9(13)10(14)5-8/h3-5,7,11H,6H2,1-2H3,(H,15,16). The second kappa shape index (κ2) is 5.93. The van der Waals surface area contributed by atoms with Crippen LogP contribution in [0, 0.1) is 9.49 Å². The highest BCUT2D eigenvalue weighted by atomic mass is 127. The van der Waals surface area contributed by atoms with Crippen molar-refractivity contribution in [2.45, 2.75) is 19.1 Å². The second-order valence-electron chi connectivity index (χ2n) is 4.30. The Kier molecular flexibility index (Phi) is 4.77. The van der Waals surface area contributed by atoms with Gasteiger partial charge in [0.2, 0.25) is 0 Å². The molecule has 0 radical (unpaired) electrons. The number of aliphatic imine (C=N–C) groups is 1. The summed E-state index contributed by atoms with van der Waals surface area (Å²) in [5, 5.41) is 5.04. The van der Waals surface area contributed by atoms with E-state index in [1.54, 1.807) is 0 Å². The number of thioether (sulfide) groups is 1. The fraction of sp³-hybridized carbons (Fsp3) is 0.417. The third-order valence-corrected chi connectivity index (χ3v) is 6.37. The molecular weight excluding hydrogens is 411 g/mol. The molecule has 1 atom stereocenters. The summed E-state index contributed by atoms with van der Waals surface area (Å²) in [6, 6.07) is 6.25. The SMILES string of the molecule is CC(C)C1CN=C(Nc2ccc(Br)c(I)c2)S1. The number of nitrogens with one attached hydrogen (secondary N) is 1. The lowest BCUT2D eigenvalue weighted by Crippen LogP contribution is -2.13. The van der Waals surface area contributed by atoms with E-state index in [1.165, 1.54) is 3.57 Å². The average molecular weight is 425 g/mol. The summed E-state index contributed by atoms with van der Waals surface area (Å²) in [6.45, 7) is 5.43. The van der Waals surface area contributed by atoms with Gasteiger partial charge in [-0.3, -0.25) is 4.99 Å². The van der Waals surface area contributed by atoms with E-state index in [0.717, 1.165) is 21.9 Å². The third-order valence-electron chi connectivity index (χ3n) is 2.59. The van der Waals surface area contributed by atoms with Crippen LogP contribution in [0.1, 0.15) is 13.8 Å². The lowest BCUT2D eigenvalue weighted by Gasteiger charge is -2.12. The number of halogens is 2. The van der Waals surface area contributed by atoms with Crippen molar-refractivity contribution in [3.05, 3.63) is 26.2 Å². The van der Waals surface area contributed by atoms with E-state index < -0.39 is 0 Å². The second-order valence-corrected chi connectivity index (χ2v) is 7.54. The van der Waals surface area contributed by atoms with Gasteiger partial charge in [0.15, 0.2) is 5.17 Å². The summed E-state index contributed by atoms with van der Waals surface area (Å²) in [5.74, 6) is 0.674. The molecule has 0 bridgehead atoms. The fourth-order valence-electron chi connectivity index (χ4n) is 1.50. The van der Waals surface area contributed by atoms with Gasteiger partial charge in [-0.25, -0.2) is 0 Å². The zero-order valence-corrected chi connectivity index (χ0v) is 14.3. The molecule has 0 amide bonds. The Morgan fingerprint density at radius 2 is 2.29 bits per heavy atom. The van der Waals surface area contributed by atoms with Gasteiger partial charge >= 0.3 is 0 Å². The minimum absolute atomic E-state index is 0.618. The van der Waals surface area contributed by atoms with Crippen LogP contribution in [0.3, 0.4) is 0 Å². The first-order chi connectivity index (χ1) is 8.06. The van der Waals surface area contributed by atoms with Gasteiger partial charge in [0.25, 0.3) is 0 Å². The van der Waals surface area contributed by atoms with Crippen molar-refractivity contribution in [3.8, 4) is 0 Å². The van der Waals surface area contributed by atoms with E-state index in [4.69, 9.17) is 0 Å². The highest BCUT2D eigenvalue weighted by Gasteiger charge is 2.22. The van der Waals surface area contributed by atoms with Crippen molar-refractivity contribution in [3.63, 3.8) is 0 Å². The Morgan fingerprint density at radius 1 is 1.53 bits per heavy atom. The Morgan fingerprint density at radius 3 is 2.88 bits per heavy atom. The highest BCUT2D eigenvalue weighted by Crippen LogP contribution is 2.29. The van der Waals surface area contributed by atoms with E-state index in [9.17, 15) is 0 Å². The summed E-state index contributed by atoms with van der Waals surface area (Å²) in [4.78, 5) is 4.54. The normalized spacial score (nSPS) is 19.6. The maximum absolute atomic E-state index is 4.54. The summed E-state index contributed by atoms with van der Waals surface area (Å²) in [7, 11) is 0. The van der Waals surface area contributed by atoms with Gasteiger partial charge in [0.05, 0.1) is 6.54 Å². The van der Waals surface area contributed by atoms with E-state index >= 15 is 0 Å². The Balaban J connectivity index is 2.00. The largest absolute Gasteiger partial charge is 0.335 e. The van der Waals surface area contributed by atoms with Gasteiger partial charge in [-0.15, -0.1) is 0 Å². The monoisotopic (exact) mass is 424 g/mol. The van der Waals surface area contributed by atoms with Crippen molar-refractivity contribution >= 4 is 61.1 Å². The molecule has 1 heterocycles. The molecular formula is C12H14BrIN2S. The molecule has 1 unspecified atom stereocenters. The number of anilines is 1. The molecule has 0 aromatic heterocycles. The van der Waals surface area contributed by atoms with Crippen LogP contribution in [0.25, 0.3) is 0 Å². The number of amidine groups is 1. The van der Waals surface area contributed by atoms with Crippen molar-refractivity contribution in [1.82, 2.24) is 0 Å². The van der Waals surface area contributed by atoms with Gasteiger partial charge in [-0.2, -0.15) is 0 Å². The smallest absolute Gasteiger partial charge is 0.161 e. The minimum atomic E-state index is 0.618. The lowest BCUT2D eigenvalue weighted by atomic mass is 10.1. The molecule has 0 saturated heterocycles. The van der Waals surface area contributed by atoms with Gasteiger partial charge in [-0.05, 0) is 62.6 Å². The molecule has 1 aromatic carbocycles. The first kappa shape index (κ1) is 13.7. The lowest BCUT2D eigenvalue weighted by molar-refractivity contribution is 0.621. The third kappa shape index (κ3) is 3.61. The first-order valence-electron chi connectivity index (χ1n) is 5.49. The Labute approximate surface area is 128 Å². The molecule has 1 aromatic rings. The summed E-state index contributed by atoms with van der Waals surface area (Å²) in [6.07, 6.45) is 0. The molecule has 92 valence electrons. The predicted octanol–water partition coefficient (Wildman–Crippen LogP) is 4.59. The summed E-state index contributed by atoms with van der Waals surface area (Å²) >= 11 is 7.67. The number of rotatable bonds is 2. The van der Waals surface area contributed by atoms with Crippen LogP contribution in [-0.2, 0) is 0 Å². The molecule has 1 aliphatic rings. The molecule has 2 rings (SSSR count). The van der Waals surface area contributed by atoms with E-state index in [0.29, 0.717) is 11.2 Å². The average Bonchev–Trinajstić information content (AvgIpc) is 2.72. The van der Waals surface area contributed by atoms with Crippen molar-refractivity contribution < 1.29 is 0 Å². The maximum atomic E-state index is 4.54. The van der Waals surface area contributed by atoms with Crippen molar-refractivity contribution in [1.29, 1.82) is 0 Å². The molecule has 1 aliphatic heterocycles. The summed E-state index contributed by atoms with van der Waals surface area (Å²) < 4.78 is 2.33. The quantitative estimate of drug-likeness (QED) is 0.702. The van der Waals surface area contributed by atoms with Crippen LogP contribution < -0.4 is 5.32 Å². The van der Waals surface area contributed by atoms with Crippen LogP contribution in [0.15, 0.2) is 27.7 Å². The topological polar surface area (TPSA) is 24.4 Å². The number of benzene rings is 1. The highest BCUT2D eigenvalue weighted by molar-refractivity contribution is 14.1. The number of hydrogen-bond donors (Lipinski definition) is 1. The summed E-state index contributed by atoms with van der Waals surface area (Å²) in [5.41, 5.74) is 1.10. The predicted molar refractivity (Wildman–Crippen MR) is 89.0 cm³/mol. The molecule has 0 aliphatic carbocycles. The number of nitrogens with zero attached hydrogens (tertiary/aromatic N) is 1. The van der Waals surface area contributed by atoms with Crippen LogP contribution in [0.4, 0.5) is 5.69 Å². The molecule has 5 heteroatoms. The Hall–Kier alpha value is 0.250. The molecule has 1 N–H and O–H groups in total. The van der Waals surface area contributed by atoms with Gasteiger partial charge in [0, 0.05) is 19.0 Å². The van der Waals surface area contributed by atoms with Crippen molar-refractivity contribution in [2.75, 3.05) is 11.9 Å². The molecule has 2 nitrogen and oxygen atoms in total. The zero-order chi connectivity index (χ0) is 12.4. The molecule has 17 heavy (non-hydrogen) atoms. The van der Waals surface area contributed by atoms with E-state index in [2.05, 4.69) is 80.9 Å². The number of hydrogen-bond acceptors (Lipinski definition) is 3. The fourth-order valence-corrected chi connectivity index (χ4v) is 3.30. The molecule has 0 fully saturated rings. The maximum Gasteiger partial charge on any atom is 0.161 e. The van der Waals surface area contributed by atoms with Crippen LogP contribution in [0.2, 0.25) is 0 Å². The first-order valence-corrected chi connectivity index (χ1v) is 8.24. The van der Waals surface area contributed by atoms with Gasteiger partial charge in [-0.1, -0.05) is 25.6 Å². The van der Waals surface area contributed by atoms with E-state index in [-0.39, 0.29) is 0 Å². The minimum Gasteiger partial charge on any atom is -0.335 e. The van der Waals surface area contributed by atoms with Crippen LogP contribution in [0.5, 0.6) is 0 Å². The van der Waals surface area contributed by atoms with Gasteiger partial charge in [0.1, 0.15) is 0 Å². The van der Waals surface area contributed by atoms with Crippen LogP contribution in [-0.4, -0.2) is 17.0 Å². The van der Waals surface area contributed by atoms with Gasteiger partial charge < -0.3 is 5.32 Å².